The highest BCUT2D eigenvalue weighted by Gasteiger charge is 2.40. The molecule has 156 valence electrons. The van der Waals surface area contributed by atoms with Gasteiger partial charge in [0.25, 0.3) is 0 Å². The van der Waals surface area contributed by atoms with Crippen LogP contribution in [0, 0.1) is 5.92 Å². The van der Waals surface area contributed by atoms with Gasteiger partial charge in [0.05, 0.1) is 5.75 Å². The lowest BCUT2D eigenvalue weighted by atomic mass is 10.0. The Balaban J connectivity index is 1.38. The molecule has 0 aromatic heterocycles. The molecule has 1 saturated carbocycles. The molecular formula is C22H35N3O2S. The summed E-state index contributed by atoms with van der Waals surface area (Å²) in [5, 5.41) is 3.87. The van der Waals surface area contributed by atoms with Crippen LogP contribution in [-0.4, -0.2) is 57.3 Å². The summed E-state index contributed by atoms with van der Waals surface area (Å²) in [4.78, 5) is 2.37. The maximum absolute atomic E-state index is 11.5. The molecule has 1 heterocycles. The largest absolute Gasteiger partial charge is 0.311 e. The van der Waals surface area contributed by atoms with E-state index in [-0.39, 0.29) is 5.75 Å². The van der Waals surface area contributed by atoms with Crippen molar-refractivity contribution < 1.29 is 8.42 Å². The average Bonchev–Trinajstić information content (AvgIpc) is 3.47. The highest BCUT2D eigenvalue weighted by molar-refractivity contribution is 7.89. The molecule has 0 unspecified atom stereocenters. The molecule has 2 fully saturated rings. The highest BCUT2D eigenvalue weighted by atomic mass is 32.2. The zero-order valence-corrected chi connectivity index (χ0v) is 18.0. The Morgan fingerprint density at radius 3 is 2.54 bits per heavy atom. The molecule has 0 spiro atoms. The lowest BCUT2D eigenvalue weighted by Crippen LogP contribution is -2.45. The highest BCUT2D eigenvalue weighted by Crippen LogP contribution is 2.40. The summed E-state index contributed by atoms with van der Waals surface area (Å²) < 4.78 is 25.7. The molecule has 28 heavy (non-hydrogen) atoms. The average molecular weight is 406 g/mol. The maximum atomic E-state index is 11.5. The SMILES string of the molecule is CC/C(=C\c1ccccc1)[C@H]1C[C@@H]1NC1CCN(CCNS(=O)(=O)CC)CC1. The van der Waals surface area contributed by atoms with Crippen molar-refractivity contribution in [2.24, 2.45) is 5.92 Å². The predicted octanol–water partition coefficient (Wildman–Crippen LogP) is 2.86. The molecule has 3 rings (SSSR count). The number of piperidine rings is 1. The third kappa shape index (κ3) is 6.41. The van der Waals surface area contributed by atoms with Crippen LogP contribution in [0.3, 0.4) is 0 Å². The Hall–Kier alpha value is -1.21. The molecule has 0 radical (unpaired) electrons. The van der Waals surface area contributed by atoms with Crippen LogP contribution < -0.4 is 10.0 Å². The van der Waals surface area contributed by atoms with Gasteiger partial charge in [-0.2, -0.15) is 0 Å². The fraction of sp³-hybridized carbons (Fsp3) is 0.636. The standard InChI is InChI=1S/C22H35N3O2S/c1-3-19(16-18-8-6-5-7-9-18)21-17-22(21)24-20-10-13-25(14-11-20)15-12-23-28(26,27)4-2/h5-9,16,20-24H,3-4,10-15,17H2,1-2H3/b19-16+/t21-,22+/m1/s1. The van der Waals surface area contributed by atoms with Crippen LogP contribution in [-0.2, 0) is 10.0 Å². The van der Waals surface area contributed by atoms with Gasteiger partial charge >= 0.3 is 0 Å². The van der Waals surface area contributed by atoms with E-state index in [1.807, 2.05) is 0 Å². The van der Waals surface area contributed by atoms with E-state index in [0.29, 0.717) is 24.5 Å². The number of nitrogens with zero attached hydrogens (tertiary/aromatic N) is 1. The van der Waals surface area contributed by atoms with E-state index in [4.69, 9.17) is 0 Å². The molecule has 5 nitrogen and oxygen atoms in total. The minimum Gasteiger partial charge on any atom is -0.311 e. The van der Waals surface area contributed by atoms with Crippen molar-refractivity contribution >= 4 is 16.1 Å². The molecule has 0 amide bonds. The fourth-order valence-electron chi connectivity index (χ4n) is 4.11. The number of rotatable bonds is 10. The first-order valence-electron chi connectivity index (χ1n) is 10.7. The van der Waals surface area contributed by atoms with Gasteiger partial charge in [-0.3, -0.25) is 0 Å². The number of sulfonamides is 1. The van der Waals surface area contributed by atoms with Crippen LogP contribution in [0.25, 0.3) is 6.08 Å². The van der Waals surface area contributed by atoms with Gasteiger partial charge in [-0.15, -0.1) is 0 Å². The van der Waals surface area contributed by atoms with Gasteiger partial charge in [0.2, 0.25) is 10.0 Å². The number of nitrogens with one attached hydrogen (secondary N) is 2. The van der Waals surface area contributed by atoms with Crippen molar-refractivity contribution in [2.75, 3.05) is 31.9 Å². The van der Waals surface area contributed by atoms with Crippen molar-refractivity contribution in [3.05, 3.63) is 41.5 Å². The van der Waals surface area contributed by atoms with E-state index in [1.54, 1.807) is 12.5 Å². The van der Waals surface area contributed by atoms with Crippen molar-refractivity contribution in [3.8, 4) is 0 Å². The summed E-state index contributed by atoms with van der Waals surface area (Å²) in [6.45, 7) is 7.34. The molecule has 1 saturated heterocycles. The third-order valence-electron chi connectivity index (χ3n) is 5.99. The monoisotopic (exact) mass is 405 g/mol. The van der Waals surface area contributed by atoms with Crippen LogP contribution in [0.15, 0.2) is 35.9 Å². The van der Waals surface area contributed by atoms with Gasteiger partial charge in [0.15, 0.2) is 0 Å². The molecule has 1 aliphatic carbocycles. The van der Waals surface area contributed by atoms with Gasteiger partial charge < -0.3 is 10.2 Å². The molecule has 2 N–H and O–H groups in total. The zero-order valence-electron chi connectivity index (χ0n) is 17.2. The Kier molecular flexibility index (Phi) is 7.69. The minimum atomic E-state index is -3.07. The zero-order chi connectivity index (χ0) is 20.0. The Bertz CT molecular complexity index is 740. The summed E-state index contributed by atoms with van der Waals surface area (Å²) in [7, 11) is -3.07. The van der Waals surface area contributed by atoms with Gasteiger partial charge in [0, 0.05) is 25.2 Å². The Labute approximate surface area is 170 Å². The third-order valence-corrected chi connectivity index (χ3v) is 7.40. The molecule has 6 heteroatoms. The first kappa shape index (κ1) is 21.5. The van der Waals surface area contributed by atoms with E-state index >= 15 is 0 Å². The van der Waals surface area contributed by atoms with Gasteiger partial charge in [-0.25, -0.2) is 13.1 Å². The van der Waals surface area contributed by atoms with Gasteiger partial charge in [-0.05, 0) is 57.2 Å². The molecule has 1 aromatic carbocycles. The Morgan fingerprint density at radius 1 is 1.18 bits per heavy atom. The number of likely N-dealkylation sites (tertiary alicyclic amines) is 1. The summed E-state index contributed by atoms with van der Waals surface area (Å²) in [6, 6.07) is 11.8. The van der Waals surface area contributed by atoms with Crippen LogP contribution in [0.5, 0.6) is 0 Å². The Morgan fingerprint density at radius 2 is 1.89 bits per heavy atom. The second kappa shape index (κ2) is 10.0. The van der Waals surface area contributed by atoms with Crippen LogP contribution >= 0.6 is 0 Å². The van der Waals surface area contributed by atoms with E-state index < -0.39 is 10.0 Å². The van der Waals surface area contributed by atoms with Crippen LogP contribution in [0.2, 0.25) is 0 Å². The van der Waals surface area contributed by atoms with Crippen LogP contribution in [0.4, 0.5) is 0 Å². The molecule has 1 aliphatic heterocycles. The molecule has 1 aromatic rings. The lowest BCUT2D eigenvalue weighted by Gasteiger charge is -2.32. The summed E-state index contributed by atoms with van der Waals surface area (Å²) in [5.41, 5.74) is 2.86. The first-order valence-corrected chi connectivity index (χ1v) is 12.4. The summed E-state index contributed by atoms with van der Waals surface area (Å²) in [6.07, 6.45) is 7.03. The molecule has 0 bridgehead atoms. The van der Waals surface area contributed by atoms with Crippen LogP contribution in [0.1, 0.15) is 45.1 Å². The fourth-order valence-corrected chi connectivity index (χ4v) is 4.72. The van der Waals surface area contributed by atoms with Gasteiger partial charge in [-0.1, -0.05) is 48.9 Å². The van der Waals surface area contributed by atoms with Crippen molar-refractivity contribution in [1.82, 2.24) is 14.9 Å². The van der Waals surface area contributed by atoms with E-state index in [9.17, 15) is 8.42 Å². The topological polar surface area (TPSA) is 61.4 Å². The normalized spacial score (nSPS) is 24.4. The number of benzene rings is 1. The second-order valence-corrected chi connectivity index (χ2v) is 10.1. The summed E-state index contributed by atoms with van der Waals surface area (Å²) in [5.74, 6) is 0.840. The van der Waals surface area contributed by atoms with Crippen molar-refractivity contribution in [1.29, 1.82) is 0 Å². The first-order chi connectivity index (χ1) is 13.5. The number of hydrogen-bond acceptors (Lipinski definition) is 4. The number of hydrogen-bond donors (Lipinski definition) is 2. The smallest absolute Gasteiger partial charge is 0.211 e. The summed E-state index contributed by atoms with van der Waals surface area (Å²) >= 11 is 0. The maximum Gasteiger partial charge on any atom is 0.211 e. The molecule has 2 atom stereocenters. The van der Waals surface area contributed by atoms with Crippen molar-refractivity contribution in [2.45, 2.75) is 51.6 Å². The van der Waals surface area contributed by atoms with Gasteiger partial charge in [0.1, 0.15) is 0 Å². The lowest BCUT2D eigenvalue weighted by molar-refractivity contribution is 0.199. The second-order valence-electron chi connectivity index (χ2n) is 8.01. The van der Waals surface area contributed by atoms with E-state index in [2.05, 4.69) is 58.3 Å². The predicted molar refractivity (Wildman–Crippen MR) is 117 cm³/mol. The van der Waals surface area contributed by atoms with E-state index in [0.717, 1.165) is 38.9 Å². The minimum absolute atomic E-state index is 0.153. The molecule has 2 aliphatic rings. The molecular weight excluding hydrogens is 370 g/mol. The van der Waals surface area contributed by atoms with E-state index in [1.165, 1.54) is 12.0 Å². The quantitative estimate of drug-likeness (QED) is 0.628. The van der Waals surface area contributed by atoms with Crippen molar-refractivity contribution in [3.63, 3.8) is 0 Å².